The van der Waals surface area contributed by atoms with E-state index in [1.165, 1.54) is 31.2 Å². The van der Waals surface area contributed by atoms with E-state index in [2.05, 4.69) is 65.4 Å². The highest BCUT2D eigenvalue weighted by atomic mass is 16.4. The van der Waals surface area contributed by atoms with E-state index >= 15 is 14.4 Å². The van der Waals surface area contributed by atoms with Gasteiger partial charge in [-0.05, 0) is 104 Å². The lowest BCUT2D eigenvalue weighted by Gasteiger charge is -2.37. The van der Waals surface area contributed by atoms with Gasteiger partial charge in [0.15, 0.2) is 5.96 Å². The molecule has 1 heterocycles. The summed E-state index contributed by atoms with van der Waals surface area (Å²) in [5.41, 5.74) is 32.6. The Labute approximate surface area is 719 Å². The number of phenols is 1. The average Bonchev–Trinajstić information content (AvgIpc) is 1.39. The van der Waals surface area contributed by atoms with Crippen LogP contribution >= 0.6 is 0 Å². The van der Waals surface area contributed by atoms with Crippen LogP contribution < -0.4 is 87.2 Å². The van der Waals surface area contributed by atoms with E-state index in [4.69, 9.17) is 39.1 Å². The molecule has 35 heteroatoms. The minimum atomic E-state index is -2.12. The monoisotopic (exact) mass is 1710 g/mol. The zero-order valence-corrected chi connectivity index (χ0v) is 69.6. The van der Waals surface area contributed by atoms with Crippen LogP contribution in [-0.4, -0.2) is 182 Å². The molecule has 0 spiro atoms. The van der Waals surface area contributed by atoms with Gasteiger partial charge in [0.25, 0.3) is 0 Å². The van der Waals surface area contributed by atoms with Crippen molar-refractivity contribution in [2.24, 2.45) is 28.7 Å². The van der Waals surface area contributed by atoms with Gasteiger partial charge in [0.2, 0.25) is 76.8 Å². The van der Waals surface area contributed by atoms with Crippen LogP contribution in [0, 0.1) is 5.41 Å². The molecule has 0 unspecified atom stereocenters. The van der Waals surface area contributed by atoms with Gasteiger partial charge in [-0.15, -0.1) is 0 Å². The Morgan fingerprint density at radius 3 is 1.27 bits per heavy atom. The SMILES string of the molecule is CCCCCCCC(=O)NCCCC[C@H](NC(=O)[C@@H](N)Cc1cn(C(c2ccccc2)(c2ccccc2)c2ccccc2)cn1)C(=O)N[C@@H](Cc1ccccc1)C(=O)N[C@@H](Cc1ccc(O)cc1)C(=O)N[C@@H](CC(=O)O)C(=O)N[C@@H](CCC(N)=O)C(=O)N[C@@H](CCC(N)=O)C(=O)N[C@@H](C)C(=O)N[C@@H](CCCNC(=N)N)C(=O)N[C@@H](Cc1ccccc1)C(N)=O. The molecule has 7 rings (SSSR count). The van der Waals surface area contributed by atoms with Crippen LogP contribution in [0.25, 0.3) is 0 Å². The Bertz CT molecular complexity index is 4610. The van der Waals surface area contributed by atoms with Gasteiger partial charge >= 0.3 is 5.97 Å². The van der Waals surface area contributed by atoms with Gasteiger partial charge in [-0.25, -0.2) is 4.98 Å². The zero-order chi connectivity index (χ0) is 90.1. The third-order valence-corrected chi connectivity index (χ3v) is 20.6. The van der Waals surface area contributed by atoms with E-state index < -0.39 is 181 Å². The first-order valence-corrected chi connectivity index (χ1v) is 41.4. The fourth-order valence-electron chi connectivity index (χ4n) is 14.0. The number of phenolic OH excluding ortho intramolecular Hbond substituents is 1. The predicted octanol–water partition coefficient (Wildman–Crippen LogP) is 1.81. The van der Waals surface area contributed by atoms with Gasteiger partial charge in [0.1, 0.15) is 65.7 Å². The molecule has 35 nitrogen and oxygen atoms in total. The van der Waals surface area contributed by atoms with Gasteiger partial charge in [-0.2, -0.15) is 0 Å². The quantitative estimate of drug-likeness (QED) is 0.0112. The molecule has 0 fully saturated rings. The summed E-state index contributed by atoms with van der Waals surface area (Å²) in [6.07, 6.45) is 4.79. The molecule has 0 aliphatic heterocycles. The number of aliphatic carboxylic acids is 1. The Balaban J connectivity index is 1.12. The standard InChI is InChI=1S/C89H115N19O16/c1-3-4-5-6-22-38-76(112)96-47-24-23-36-66(101-80(117)65(90)52-63-54-108(55-98-63)89(60-30-16-9-17-31-60,61-32-18-10-19-33-61)62-34-20-11-21-35-62)83(120)105-71(50-58-28-14-8-15-29-58)85(122)106-72(51-59-39-41-64(109)42-40-59)86(123)107-73(53-77(113)114)87(124)103-69(44-46-75(92)111)84(121)102-68(43-45-74(91)110)81(118)99-56(2)79(116)100-67(37-25-48-97-88(94)95)82(119)104-70(78(93)115)49-57-26-12-7-13-27-57/h7-21,26-35,39-42,54-56,65-73,109H,3-6,22-25,36-38,43-53,90H2,1-2H3,(H2,91,110)(H2,92,111)(H2,93,115)(H,96,112)(H,99,118)(H,100,116)(H,101,117)(H,102,121)(H,103,124)(H,104,119)(H,105,120)(H,106,122)(H,107,123)(H,113,114)(H4,94,95,97)/t56-,65-,66-,67-,68-,69-,70-,71-,72-,73-/m0/s1. The van der Waals surface area contributed by atoms with E-state index in [9.17, 15) is 63.0 Å². The highest BCUT2D eigenvalue weighted by Gasteiger charge is 2.41. The van der Waals surface area contributed by atoms with Gasteiger partial charge in [-0.3, -0.25) is 72.5 Å². The van der Waals surface area contributed by atoms with Crippen LogP contribution in [0.4, 0.5) is 0 Å². The number of guanidine groups is 1. The number of benzene rings is 6. The first kappa shape index (κ1) is 97.3. The number of imidazole rings is 1. The number of nitrogens with one attached hydrogen (secondary N) is 12. The van der Waals surface area contributed by atoms with E-state index in [0.717, 1.165) is 42.4 Å². The maximum absolute atomic E-state index is 15.2. The highest BCUT2D eigenvalue weighted by Crippen LogP contribution is 2.41. The Hall–Kier alpha value is -13.9. The molecule has 124 heavy (non-hydrogen) atoms. The fraction of sp³-hybridized carbons (Fsp3) is 0.393. The molecule has 7 aromatic rings. The van der Waals surface area contributed by atoms with Crippen molar-refractivity contribution in [1.82, 2.24) is 68.0 Å². The molecule has 13 amide bonds. The maximum Gasteiger partial charge on any atom is 0.305 e. The van der Waals surface area contributed by atoms with Crippen LogP contribution in [0.3, 0.4) is 0 Å². The summed E-state index contributed by atoms with van der Waals surface area (Å²) in [7, 11) is 0. The Morgan fingerprint density at radius 1 is 0.411 bits per heavy atom. The van der Waals surface area contributed by atoms with Crippen LogP contribution in [0.1, 0.15) is 156 Å². The molecule has 0 saturated carbocycles. The van der Waals surface area contributed by atoms with Gasteiger partial charge < -0.3 is 102 Å². The van der Waals surface area contributed by atoms with Crippen molar-refractivity contribution in [2.45, 2.75) is 208 Å². The summed E-state index contributed by atoms with van der Waals surface area (Å²) in [5, 5.41) is 56.4. The molecule has 0 aliphatic rings. The molecule has 0 aliphatic carbocycles. The van der Waals surface area contributed by atoms with Crippen molar-refractivity contribution in [3.8, 4) is 5.75 Å². The normalized spacial score (nSPS) is 13.5. The molecule has 1 aromatic heterocycles. The van der Waals surface area contributed by atoms with Gasteiger partial charge in [0, 0.05) is 64.2 Å². The van der Waals surface area contributed by atoms with Crippen molar-refractivity contribution in [2.75, 3.05) is 13.1 Å². The summed E-state index contributed by atoms with van der Waals surface area (Å²) in [5.74, 6) is -14.6. The van der Waals surface area contributed by atoms with Crippen LogP contribution in [0.15, 0.2) is 188 Å². The van der Waals surface area contributed by atoms with E-state index in [1.54, 1.807) is 67.0 Å². The minimum absolute atomic E-state index is 0.0154. The number of nitrogens with two attached hydrogens (primary N) is 5. The second-order valence-corrected chi connectivity index (χ2v) is 30.4. The van der Waals surface area contributed by atoms with Crippen molar-refractivity contribution < 1.29 is 77.3 Å². The second kappa shape index (κ2) is 50.4. The lowest BCUT2D eigenvalue weighted by atomic mass is 9.77. The van der Waals surface area contributed by atoms with E-state index in [0.29, 0.717) is 41.6 Å². The molecule has 0 bridgehead atoms. The second-order valence-electron chi connectivity index (χ2n) is 30.4. The molecular formula is C89H115N19O16. The van der Waals surface area contributed by atoms with Crippen LogP contribution in [0.2, 0.25) is 0 Å². The minimum Gasteiger partial charge on any atom is -0.508 e. The first-order valence-electron chi connectivity index (χ1n) is 41.4. The number of carboxylic acid groups (broad SMARTS) is 1. The molecule has 6 aromatic carbocycles. The predicted molar refractivity (Wildman–Crippen MR) is 461 cm³/mol. The average molecular weight is 1710 g/mol. The van der Waals surface area contributed by atoms with Crippen LogP contribution in [-0.2, 0) is 98.3 Å². The summed E-state index contributed by atoms with van der Waals surface area (Å²) in [6.45, 7) is 3.62. The number of aromatic nitrogens is 2. The Morgan fingerprint density at radius 2 is 0.798 bits per heavy atom. The lowest BCUT2D eigenvalue weighted by molar-refractivity contribution is -0.141. The number of unbranched alkanes of at least 4 members (excludes halogenated alkanes) is 5. The summed E-state index contributed by atoms with van der Waals surface area (Å²) >= 11 is 0. The highest BCUT2D eigenvalue weighted by molar-refractivity contribution is 6.00. The molecule has 10 atom stereocenters. The van der Waals surface area contributed by atoms with Crippen LogP contribution in [0.5, 0.6) is 5.75 Å². The zero-order valence-electron chi connectivity index (χ0n) is 69.6. The summed E-state index contributed by atoms with van der Waals surface area (Å²) in [4.78, 5) is 199. The largest absolute Gasteiger partial charge is 0.508 e. The number of carboxylic acids is 1. The van der Waals surface area contributed by atoms with Crippen molar-refractivity contribution in [3.63, 3.8) is 0 Å². The van der Waals surface area contributed by atoms with Gasteiger partial charge in [-0.1, -0.05) is 196 Å². The first-order chi connectivity index (χ1) is 59.4. The van der Waals surface area contributed by atoms with Gasteiger partial charge in [0.05, 0.1) is 24.5 Å². The Kier molecular flexibility index (Phi) is 39.5. The number of aromatic hydroxyl groups is 1. The third-order valence-electron chi connectivity index (χ3n) is 20.6. The van der Waals surface area contributed by atoms with Crippen molar-refractivity contribution in [1.29, 1.82) is 5.41 Å². The number of carbonyl (C=O) groups is 14. The number of nitrogens with zero attached hydrogens (tertiary/aromatic N) is 2. The number of primary amides is 3. The third kappa shape index (κ3) is 31.9. The molecular weight excluding hydrogens is 1590 g/mol. The number of carbonyl (C=O) groups excluding carboxylic acids is 13. The van der Waals surface area contributed by atoms with Crippen molar-refractivity contribution >= 4 is 88.7 Å². The van der Waals surface area contributed by atoms with E-state index in [1.807, 2.05) is 102 Å². The fourth-order valence-corrected chi connectivity index (χ4v) is 14.0. The van der Waals surface area contributed by atoms with E-state index in [-0.39, 0.29) is 75.7 Å². The topological polar surface area (TPSA) is 584 Å². The molecule has 0 saturated heterocycles. The number of hydrogen-bond donors (Lipinski definition) is 19. The number of hydrogen-bond acceptors (Lipinski definition) is 18. The lowest BCUT2D eigenvalue weighted by Crippen LogP contribution is -2.61. The molecule has 0 radical (unpaired) electrons. The molecule has 24 N–H and O–H groups in total. The molecule has 662 valence electrons. The maximum atomic E-state index is 15.2. The number of rotatable bonds is 54. The smallest absolute Gasteiger partial charge is 0.305 e. The summed E-state index contributed by atoms with van der Waals surface area (Å²) in [6, 6.07) is 35.9. The van der Waals surface area contributed by atoms with Crippen molar-refractivity contribution in [3.05, 3.63) is 228 Å². The number of amides is 13. The summed E-state index contributed by atoms with van der Waals surface area (Å²) < 4.78 is 1.97.